The first-order chi connectivity index (χ1) is 11.5. The second-order valence-electron chi connectivity index (χ2n) is 5.66. The van der Waals surface area contributed by atoms with Crippen LogP contribution < -0.4 is 4.72 Å². The standard InChI is InChI=1S/C18H18N2O3S/c1-13-3-4-14(2)18(9-13)24(21,22)20-11-15-5-6-17(19-10-15)16-7-8-23-12-16/h3-10,12,20H,11H2,1-2H3. The molecule has 1 N–H and O–H groups in total. The Kier molecular flexibility index (Phi) is 4.51. The van der Waals surface area contributed by atoms with Crippen LogP contribution in [0.2, 0.25) is 0 Å². The van der Waals surface area contributed by atoms with Crippen molar-refractivity contribution in [1.29, 1.82) is 0 Å². The van der Waals surface area contributed by atoms with Crippen molar-refractivity contribution in [3.05, 3.63) is 71.8 Å². The van der Waals surface area contributed by atoms with Crippen molar-refractivity contribution in [1.82, 2.24) is 9.71 Å². The SMILES string of the molecule is Cc1ccc(C)c(S(=O)(=O)NCc2ccc(-c3ccoc3)nc2)c1. The van der Waals surface area contributed by atoms with Crippen LogP contribution in [0.3, 0.4) is 0 Å². The smallest absolute Gasteiger partial charge is 0.241 e. The minimum absolute atomic E-state index is 0.189. The van der Waals surface area contributed by atoms with Crippen molar-refractivity contribution in [2.45, 2.75) is 25.3 Å². The lowest BCUT2D eigenvalue weighted by atomic mass is 10.2. The van der Waals surface area contributed by atoms with Gasteiger partial charge in [0, 0.05) is 18.3 Å². The fraction of sp³-hybridized carbons (Fsp3) is 0.167. The van der Waals surface area contributed by atoms with Gasteiger partial charge in [-0.05, 0) is 48.7 Å². The van der Waals surface area contributed by atoms with Crippen molar-refractivity contribution in [2.24, 2.45) is 0 Å². The normalized spacial score (nSPS) is 11.6. The van der Waals surface area contributed by atoms with Gasteiger partial charge in [-0.15, -0.1) is 0 Å². The van der Waals surface area contributed by atoms with E-state index in [4.69, 9.17) is 4.42 Å². The first-order valence-corrected chi connectivity index (χ1v) is 8.98. The van der Waals surface area contributed by atoms with Gasteiger partial charge in [-0.2, -0.15) is 0 Å². The number of sulfonamides is 1. The van der Waals surface area contributed by atoms with Gasteiger partial charge in [0.2, 0.25) is 10.0 Å². The molecule has 3 rings (SSSR count). The fourth-order valence-corrected chi connectivity index (χ4v) is 3.71. The van der Waals surface area contributed by atoms with E-state index >= 15 is 0 Å². The summed E-state index contributed by atoms with van der Waals surface area (Å²) >= 11 is 0. The quantitative estimate of drug-likeness (QED) is 0.771. The summed E-state index contributed by atoms with van der Waals surface area (Å²) in [6.07, 6.45) is 4.86. The summed E-state index contributed by atoms with van der Waals surface area (Å²) in [5.41, 5.74) is 4.09. The van der Waals surface area contributed by atoms with Gasteiger partial charge < -0.3 is 4.42 Å². The number of furan rings is 1. The number of rotatable bonds is 5. The van der Waals surface area contributed by atoms with Crippen LogP contribution in [0.4, 0.5) is 0 Å². The molecule has 0 radical (unpaired) electrons. The molecule has 6 heteroatoms. The molecule has 0 aliphatic carbocycles. The summed E-state index contributed by atoms with van der Waals surface area (Å²) in [5.74, 6) is 0. The van der Waals surface area contributed by atoms with Gasteiger partial charge in [0.25, 0.3) is 0 Å². The van der Waals surface area contributed by atoms with Gasteiger partial charge in [0.05, 0.1) is 23.1 Å². The van der Waals surface area contributed by atoms with Crippen molar-refractivity contribution in [3.63, 3.8) is 0 Å². The van der Waals surface area contributed by atoms with E-state index in [1.807, 2.05) is 37.3 Å². The number of nitrogens with zero attached hydrogens (tertiary/aromatic N) is 1. The molecule has 0 spiro atoms. The number of benzene rings is 1. The highest BCUT2D eigenvalue weighted by molar-refractivity contribution is 7.89. The van der Waals surface area contributed by atoms with E-state index in [1.54, 1.807) is 31.7 Å². The number of hydrogen-bond donors (Lipinski definition) is 1. The highest BCUT2D eigenvalue weighted by Crippen LogP contribution is 2.19. The van der Waals surface area contributed by atoms with Crippen LogP contribution >= 0.6 is 0 Å². The van der Waals surface area contributed by atoms with E-state index in [1.165, 1.54) is 0 Å². The number of aromatic nitrogens is 1. The molecular formula is C18H18N2O3S. The molecule has 124 valence electrons. The number of pyridine rings is 1. The Morgan fingerprint density at radius 2 is 1.96 bits per heavy atom. The third kappa shape index (κ3) is 3.55. The van der Waals surface area contributed by atoms with Crippen molar-refractivity contribution in [3.8, 4) is 11.3 Å². The second-order valence-corrected chi connectivity index (χ2v) is 7.39. The lowest BCUT2D eigenvalue weighted by molar-refractivity contribution is 0.568. The molecule has 24 heavy (non-hydrogen) atoms. The molecule has 0 unspecified atom stereocenters. The van der Waals surface area contributed by atoms with Crippen molar-refractivity contribution < 1.29 is 12.8 Å². The minimum atomic E-state index is -3.56. The zero-order valence-electron chi connectivity index (χ0n) is 13.5. The van der Waals surface area contributed by atoms with Crippen molar-refractivity contribution in [2.75, 3.05) is 0 Å². The Labute approximate surface area is 141 Å². The summed E-state index contributed by atoms with van der Waals surface area (Å²) in [5, 5.41) is 0. The van der Waals surface area contributed by atoms with Crippen LogP contribution in [0.5, 0.6) is 0 Å². The maximum Gasteiger partial charge on any atom is 0.241 e. The fourth-order valence-electron chi connectivity index (χ4n) is 2.36. The van der Waals surface area contributed by atoms with Gasteiger partial charge >= 0.3 is 0 Å². The average Bonchev–Trinajstić information content (AvgIpc) is 3.10. The second kappa shape index (κ2) is 6.59. The van der Waals surface area contributed by atoms with E-state index in [0.29, 0.717) is 4.90 Å². The Hall–Kier alpha value is -2.44. The maximum atomic E-state index is 12.5. The Morgan fingerprint density at radius 3 is 2.62 bits per heavy atom. The van der Waals surface area contributed by atoms with E-state index in [9.17, 15) is 8.42 Å². The molecule has 2 heterocycles. The van der Waals surface area contributed by atoms with E-state index < -0.39 is 10.0 Å². The zero-order chi connectivity index (χ0) is 17.2. The summed E-state index contributed by atoms with van der Waals surface area (Å²) in [4.78, 5) is 4.64. The van der Waals surface area contributed by atoms with Crippen LogP contribution in [-0.4, -0.2) is 13.4 Å². The van der Waals surface area contributed by atoms with E-state index in [0.717, 1.165) is 27.9 Å². The van der Waals surface area contributed by atoms with Crippen LogP contribution in [0, 0.1) is 13.8 Å². The Bertz CT molecular complexity index is 931. The van der Waals surface area contributed by atoms with Crippen molar-refractivity contribution >= 4 is 10.0 Å². The molecule has 0 saturated carbocycles. The number of hydrogen-bond acceptors (Lipinski definition) is 4. The third-order valence-corrected chi connectivity index (χ3v) is 5.28. The molecule has 0 aliphatic heterocycles. The van der Waals surface area contributed by atoms with Crippen LogP contribution in [0.15, 0.2) is 64.4 Å². The molecule has 2 aromatic heterocycles. The van der Waals surface area contributed by atoms with Gasteiger partial charge in [0.1, 0.15) is 0 Å². The maximum absolute atomic E-state index is 12.5. The molecule has 3 aromatic rings. The lowest BCUT2D eigenvalue weighted by Crippen LogP contribution is -2.24. The summed E-state index contributed by atoms with van der Waals surface area (Å²) in [6.45, 7) is 3.85. The predicted octanol–water partition coefficient (Wildman–Crippen LogP) is 3.44. The molecule has 0 aliphatic rings. The first-order valence-electron chi connectivity index (χ1n) is 7.50. The first kappa shape index (κ1) is 16.4. The molecule has 0 atom stereocenters. The van der Waals surface area contributed by atoms with E-state index in [-0.39, 0.29) is 6.54 Å². The lowest BCUT2D eigenvalue weighted by Gasteiger charge is -2.10. The topological polar surface area (TPSA) is 72.2 Å². The van der Waals surface area contributed by atoms with Gasteiger partial charge in [0.15, 0.2) is 0 Å². The third-order valence-electron chi connectivity index (χ3n) is 3.74. The molecule has 0 fully saturated rings. The molecular weight excluding hydrogens is 324 g/mol. The summed E-state index contributed by atoms with van der Waals surface area (Å²) in [6, 6.07) is 10.9. The average molecular weight is 342 g/mol. The molecule has 0 amide bonds. The van der Waals surface area contributed by atoms with E-state index in [2.05, 4.69) is 9.71 Å². The zero-order valence-corrected chi connectivity index (χ0v) is 14.3. The van der Waals surface area contributed by atoms with Gasteiger partial charge in [-0.1, -0.05) is 18.2 Å². The largest absolute Gasteiger partial charge is 0.472 e. The van der Waals surface area contributed by atoms with Crippen LogP contribution in [-0.2, 0) is 16.6 Å². The molecule has 0 saturated heterocycles. The predicted molar refractivity (Wildman–Crippen MR) is 91.9 cm³/mol. The molecule has 5 nitrogen and oxygen atoms in total. The summed E-state index contributed by atoms with van der Waals surface area (Å²) < 4.78 is 32.6. The Balaban J connectivity index is 1.74. The summed E-state index contributed by atoms with van der Waals surface area (Å²) in [7, 11) is -3.56. The van der Waals surface area contributed by atoms with Gasteiger partial charge in [-0.25, -0.2) is 13.1 Å². The van der Waals surface area contributed by atoms with Gasteiger partial charge in [-0.3, -0.25) is 4.98 Å². The molecule has 1 aromatic carbocycles. The highest BCUT2D eigenvalue weighted by atomic mass is 32.2. The minimum Gasteiger partial charge on any atom is -0.472 e. The molecule has 0 bridgehead atoms. The van der Waals surface area contributed by atoms with Crippen LogP contribution in [0.25, 0.3) is 11.3 Å². The van der Waals surface area contributed by atoms with Crippen LogP contribution in [0.1, 0.15) is 16.7 Å². The monoisotopic (exact) mass is 342 g/mol. The number of aryl methyl sites for hydroxylation is 2. The Morgan fingerprint density at radius 1 is 1.12 bits per heavy atom. The number of nitrogens with one attached hydrogen (secondary N) is 1. The highest BCUT2D eigenvalue weighted by Gasteiger charge is 2.16.